The maximum absolute atomic E-state index is 13.2. The number of rotatable bonds is 11. The highest BCUT2D eigenvalue weighted by Crippen LogP contribution is 2.19. The van der Waals surface area contributed by atoms with Crippen LogP contribution in [0, 0.1) is 0 Å². The van der Waals surface area contributed by atoms with E-state index in [1.807, 2.05) is 32.9 Å². The van der Waals surface area contributed by atoms with Gasteiger partial charge < -0.3 is 19.0 Å². The van der Waals surface area contributed by atoms with Crippen molar-refractivity contribution in [2.24, 2.45) is 0 Å². The van der Waals surface area contributed by atoms with Crippen LogP contribution < -0.4 is 0 Å². The molecule has 1 aromatic heterocycles. The van der Waals surface area contributed by atoms with Crippen LogP contribution in [0.2, 0.25) is 0 Å². The van der Waals surface area contributed by atoms with E-state index in [1.54, 1.807) is 16.1 Å². The highest BCUT2D eigenvalue weighted by molar-refractivity contribution is 5.85. The molecule has 0 radical (unpaired) electrons. The lowest BCUT2D eigenvalue weighted by molar-refractivity contribution is -0.146. The number of carbonyl (C=O) groups is 2. The molecule has 6 nitrogen and oxygen atoms in total. The normalized spacial score (nSPS) is 16.8. The number of furan rings is 1. The van der Waals surface area contributed by atoms with Gasteiger partial charge in [-0.05, 0) is 52.2 Å². The van der Waals surface area contributed by atoms with Crippen LogP contribution >= 0.6 is 0 Å². The minimum atomic E-state index is -0.405. The summed E-state index contributed by atoms with van der Waals surface area (Å²) in [5, 5.41) is 0. The van der Waals surface area contributed by atoms with Crippen molar-refractivity contribution in [1.82, 2.24) is 9.80 Å². The summed E-state index contributed by atoms with van der Waals surface area (Å²) in [7, 11) is 0. The van der Waals surface area contributed by atoms with Gasteiger partial charge in [-0.1, -0.05) is 26.2 Å². The second-order valence-electron chi connectivity index (χ2n) is 8.95. The number of carbonyl (C=O) groups excluding carboxylic acids is 2. The molecule has 0 unspecified atom stereocenters. The van der Waals surface area contributed by atoms with E-state index >= 15 is 0 Å². The number of amides is 2. The van der Waals surface area contributed by atoms with Crippen LogP contribution in [-0.2, 0) is 20.9 Å². The van der Waals surface area contributed by atoms with Crippen LogP contribution in [0.1, 0.15) is 78.4 Å². The Balaban J connectivity index is 2.04. The maximum Gasteiger partial charge on any atom is 0.242 e. The topological polar surface area (TPSA) is 63.0 Å². The molecule has 164 valence electrons. The van der Waals surface area contributed by atoms with Gasteiger partial charge in [0.15, 0.2) is 0 Å². The first-order valence-corrected chi connectivity index (χ1v) is 11.0. The average Bonchev–Trinajstić information content (AvgIpc) is 3.35. The Morgan fingerprint density at radius 2 is 1.97 bits per heavy atom. The molecular formula is C23H38N2O4. The summed E-state index contributed by atoms with van der Waals surface area (Å²) in [6.07, 6.45) is 8.36. The Morgan fingerprint density at radius 1 is 1.17 bits per heavy atom. The fraction of sp³-hybridized carbons (Fsp3) is 0.739. The van der Waals surface area contributed by atoms with E-state index in [1.165, 1.54) is 0 Å². The molecule has 0 N–H and O–H groups in total. The van der Waals surface area contributed by atoms with Gasteiger partial charge >= 0.3 is 0 Å². The lowest BCUT2D eigenvalue weighted by Gasteiger charge is -2.37. The third-order valence-electron chi connectivity index (χ3n) is 5.38. The molecule has 0 saturated carbocycles. The summed E-state index contributed by atoms with van der Waals surface area (Å²) < 4.78 is 11.2. The summed E-state index contributed by atoms with van der Waals surface area (Å²) in [5.74, 6) is 0.732. The van der Waals surface area contributed by atoms with Crippen molar-refractivity contribution in [1.29, 1.82) is 0 Å². The number of unbranched alkanes of at least 4 members (excludes halogenated alkanes) is 3. The van der Waals surface area contributed by atoms with Crippen molar-refractivity contribution >= 4 is 11.8 Å². The highest BCUT2D eigenvalue weighted by atomic mass is 16.5. The molecule has 1 aliphatic heterocycles. The standard InChI is InChI=1S/C23H38N2O4/c1-5-6-7-8-13-21(26)25(23(2,3)4)18-22(27)24(16-19-11-9-14-28-19)17-20-12-10-15-29-20/h9,11,14,20H,5-8,10,12-13,15-18H2,1-4H3/t20-/m0/s1. The smallest absolute Gasteiger partial charge is 0.242 e. The number of hydrogen-bond acceptors (Lipinski definition) is 4. The molecule has 1 saturated heterocycles. The zero-order chi connectivity index (χ0) is 21.3. The van der Waals surface area contributed by atoms with E-state index in [9.17, 15) is 9.59 Å². The second kappa shape index (κ2) is 11.4. The van der Waals surface area contributed by atoms with Gasteiger partial charge in [-0.25, -0.2) is 0 Å². The fourth-order valence-corrected chi connectivity index (χ4v) is 3.65. The Kier molecular flexibility index (Phi) is 9.21. The van der Waals surface area contributed by atoms with E-state index < -0.39 is 5.54 Å². The Labute approximate surface area is 175 Å². The predicted octanol–water partition coefficient (Wildman–Crippen LogP) is 4.38. The lowest BCUT2D eigenvalue weighted by atomic mass is 10.0. The summed E-state index contributed by atoms with van der Waals surface area (Å²) in [5.41, 5.74) is -0.405. The molecular weight excluding hydrogens is 368 g/mol. The molecule has 0 aromatic carbocycles. The fourth-order valence-electron chi connectivity index (χ4n) is 3.65. The number of ether oxygens (including phenoxy) is 1. The lowest BCUT2D eigenvalue weighted by Crippen LogP contribution is -2.51. The van der Waals surface area contributed by atoms with Gasteiger partial charge in [0.25, 0.3) is 0 Å². The maximum atomic E-state index is 13.2. The van der Waals surface area contributed by atoms with Crippen LogP contribution in [0.4, 0.5) is 0 Å². The van der Waals surface area contributed by atoms with Gasteiger partial charge in [0, 0.05) is 25.1 Å². The van der Waals surface area contributed by atoms with Crippen molar-refractivity contribution in [3.63, 3.8) is 0 Å². The van der Waals surface area contributed by atoms with Crippen molar-refractivity contribution in [2.45, 2.75) is 90.8 Å². The third kappa shape index (κ3) is 7.84. The van der Waals surface area contributed by atoms with Crippen LogP contribution in [0.25, 0.3) is 0 Å². The quantitative estimate of drug-likeness (QED) is 0.512. The van der Waals surface area contributed by atoms with E-state index in [0.29, 0.717) is 19.5 Å². The molecule has 1 aliphatic rings. The van der Waals surface area contributed by atoms with Gasteiger partial charge in [-0.3, -0.25) is 9.59 Å². The van der Waals surface area contributed by atoms with E-state index in [0.717, 1.165) is 50.9 Å². The average molecular weight is 407 g/mol. The third-order valence-corrected chi connectivity index (χ3v) is 5.38. The predicted molar refractivity (Wildman–Crippen MR) is 113 cm³/mol. The molecule has 6 heteroatoms. The first-order valence-electron chi connectivity index (χ1n) is 11.0. The zero-order valence-corrected chi connectivity index (χ0v) is 18.6. The highest BCUT2D eigenvalue weighted by Gasteiger charge is 2.31. The molecule has 1 fully saturated rings. The minimum absolute atomic E-state index is 0.0528. The molecule has 2 heterocycles. The summed E-state index contributed by atoms with van der Waals surface area (Å²) >= 11 is 0. The van der Waals surface area contributed by atoms with Gasteiger partial charge in [0.2, 0.25) is 11.8 Å². The van der Waals surface area contributed by atoms with Crippen molar-refractivity contribution in [3.8, 4) is 0 Å². The second-order valence-corrected chi connectivity index (χ2v) is 8.95. The van der Waals surface area contributed by atoms with Crippen molar-refractivity contribution in [2.75, 3.05) is 19.7 Å². The number of hydrogen-bond donors (Lipinski definition) is 0. The number of nitrogens with zero attached hydrogens (tertiary/aromatic N) is 2. The van der Waals surface area contributed by atoms with Gasteiger partial charge in [-0.2, -0.15) is 0 Å². The molecule has 1 atom stereocenters. The molecule has 2 rings (SSSR count). The van der Waals surface area contributed by atoms with Crippen molar-refractivity contribution in [3.05, 3.63) is 24.2 Å². The first-order chi connectivity index (χ1) is 13.8. The van der Waals surface area contributed by atoms with Crippen molar-refractivity contribution < 1.29 is 18.7 Å². The van der Waals surface area contributed by atoms with Gasteiger partial charge in [-0.15, -0.1) is 0 Å². The monoisotopic (exact) mass is 406 g/mol. The molecule has 0 bridgehead atoms. The molecule has 0 spiro atoms. The Hall–Kier alpha value is -1.82. The van der Waals surface area contributed by atoms with Crippen LogP contribution in [0.15, 0.2) is 22.8 Å². The van der Waals surface area contributed by atoms with E-state index in [2.05, 4.69) is 6.92 Å². The zero-order valence-electron chi connectivity index (χ0n) is 18.6. The molecule has 0 aliphatic carbocycles. The molecule has 2 amide bonds. The minimum Gasteiger partial charge on any atom is -0.467 e. The van der Waals surface area contributed by atoms with E-state index in [-0.39, 0.29) is 24.5 Å². The van der Waals surface area contributed by atoms with Crippen LogP contribution in [-0.4, -0.2) is 53.0 Å². The largest absolute Gasteiger partial charge is 0.467 e. The SMILES string of the molecule is CCCCCCC(=O)N(CC(=O)N(Cc1ccco1)C[C@@H]1CCCO1)C(C)(C)C. The summed E-state index contributed by atoms with van der Waals surface area (Å²) in [4.78, 5) is 29.6. The molecule has 29 heavy (non-hydrogen) atoms. The summed E-state index contributed by atoms with van der Waals surface area (Å²) in [6, 6.07) is 3.70. The van der Waals surface area contributed by atoms with Crippen LogP contribution in [0.5, 0.6) is 0 Å². The Bertz CT molecular complexity index is 615. The van der Waals surface area contributed by atoms with Crippen LogP contribution in [0.3, 0.4) is 0 Å². The molecule has 1 aromatic rings. The van der Waals surface area contributed by atoms with Gasteiger partial charge in [0.05, 0.1) is 18.9 Å². The summed E-state index contributed by atoms with van der Waals surface area (Å²) in [6.45, 7) is 9.88. The Morgan fingerprint density at radius 3 is 2.55 bits per heavy atom. The first kappa shape index (κ1) is 23.5. The van der Waals surface area contributed by atoms with E-state index in [4.69, 9.17) is 9.15 Å². The van der Waals surface area contributed by atoms with Gasteiger partial charge in [0.1, 0.15) is 12.3 Å².